The molecule has 3 fully saturated rings. The number of ether oxygens (including phenoxy) is 1. The SMILES string of the molecule is COC(=O)c1ccc(N2CC[C@H]3[C@@H](C2=O)[C@H](c2cccc(Cl)c2F)[C@]2(C(=O)Nc4cc(Cl)ccc42)N3CC2CCC2)cc1. The Kier molecular flexibility index (Phi) is 6.99. The van der Waals surface area contributed by atoms with Crippen LogP contribution in [0.2, 0.25) is 10.0 Å². The number of fused-ring (bicyclic) bond motifs is 3. The van der Waals surface area contributed by atoms with Gasteiger partial charge in [0.1, 0.15) is 11.4 Å². The van der Waals surface area contributed by atoms with Gasteiger partial charge in [-0.25, -0.2) is 9.18 Å². The highest BCUT2D eigenvalue weighted by atomic mass is 35.5. The van der Waals surface area contributed by atoms with Crippen molar-refractivity contribution < 1.29 is 23.5 Å². The fraction of sp³-hybridized carbons (Fsp3) is 0.364. The van der Waals surface area contributed by atoms with E-state index < -0.39 is 29.2 Å². The highest BCUT2D eigenvalue weighted by Crippen LogP contribution is 2.62. The van der Waals surface area contributed by atoms with Gasteiger partial charge in [0.15, 0.2) is 0 Å². The highest BCUT2D eigenvalue weighted by molar-refractivity contribution is 6.31. The van der Waals surface area contributed by atoms with Gasteiger partial charge in [0, 0.05) is 47.0 Å². The fourth-order valence-electron chi connectivity index (χ4n) is 7.76. The van der Waals surface area contributed by atoms with Crippen molar-refractivity contribution >= 4 is 52.4 Å². The van der Waals surface area contributed by atoms with Crippen LogP contribution in [0.3, 0.4) is 0 Å². The zero-order chi connectivity index (χ0) is 30.0. The highest BCUT2D eigenvalue weighted by Gasteiger charge is 2.69. The van der Waals surface area contributed by atoms with Crippen molar-refractivity contribution in [2.45, 2.75) is 43.2 Å². The van der Waals surface area contributed by atoms with Gasteiger partial charge in [0.05, 0.1) is 23.6 Å². The third kappa shape index (κ3) is 4.21. The molecule has 2 amide bonds. The molecule has 1 spiro atoms. The van der Waals surface area contributed by atoms with Crippen LogP contribution < -0.4 is 10.2 Å². The third-order valence-corrected chi connectivity index (χ3v) is 10.4. The van der Waals surface area contributed by atoms with Crippen molar-refractivity contribution in [2.75, 3.05) is 30.4 Å². The molecule has 43 heavy (non-hydrogen) atoms. The molecule has 1 saturated carbocycles. The van der Waals surface area contributed by atoms with Crippen LogP contribution in [0.25, 0.3) is 0 Å². The number of benzene rings is 3. The lowest BCUT2D eigenvalue weighted by Crippen LogP contribution is -2.55. The Bertz CT molecular complexity index is 1650. The molecule has 10 heteroatoms. The Morgan fingerprint density at radius 2 is 1.84 bits per heavy atom. The number of hydrogen-bond donors (Lipinski definition) is 1. The molecule has 3 aromatic carbocycles. The van der Waals surface area contributed by atoms with Crippen LogP contribution in [0.1, 0.15) is 53.1 Å². The maximum Gasteiger partial charge on any atom is 0.337 e. The first-order valence-electron chi connectivity index (χ1n) is 14.6. The van der Waals surface area contributed by atoms with Crippen LogP contribution in [0.4, 0.5) is 15.8 Å². The number of esters is 1. The van der Waals surface area contributed by atoms with Crippen LogP contribution in [0.5, 0.6) is 0 Å². The van der Waals surface area contributed by atoms with E-state index in [1.54, 1.807) is 53.4 Å². The molecule has 1 N–H and O–H groups in total. The van der Waals surface area contributed by atoms with Crippen molar-refractivity contribution in [1.29, 1.82) is 0 Å². The second-order valence-electron chi connectivity index (χ2n) is 11.9. The number of likely N-dealkylation sites (tertiary alicyclic amines) is 1. The van der Waals surface area contributed by atoms with Gasteiger partial charge in [-0.05, 0) is 73.2 Å². The van der Waals surface area contributed by atoms with Crippen molar-refractivity contribution in [3.63, 3.8) is 0 Å². The summed E-state index contributed by atoms with van der Waals surface area (Å²) < 4.78 is 20.9. The lowest BCUT2D eigenvalue weighted by atomic mass is 9.69. The van der Waals surface area contributed by atoms with E-state index in [1.165, 1.54) is 13.2 Å². The van der Waals surface area contributed by atoms with Crippen molar-refractivity contribution in [1.82, 2.24) is 4.90 Å². The van der Waals surface area contributed by atoms with Crippen LogP contribution in [0.15, 0.2) is 60.7 Å². The largest absolute Gasteiger partial charge is 0.465 e. The molecular weight excluding hydrogens is 592 g/mol. The van der Waals surface area contributed by atoms with Crippen LogP contribution in [-0.4, -0.2) is 48.9 Å². The first-order chi connectivity index (χ1) is 20.7. The van der Waals surface area contributed by atoms with Crippen molar-refractivity contribution in [2.24, 2.45) is 11.8 Å². The predicted molar refractivity (Wildman–Crippen MR) is 162 cm³/mol. The number of anilines is 2. The molecule has 7 nitrogen and oxygen atoms in total. The van der Waals surface area contributed by atoms with E-state index in [2.05, 4.69) is 10.2 Å². The van der Waals surface area contributed by atoms with Gasteiger partial charge in [0.25, 0.3) is 0 Å². The second kappa shape index (κ2) is 10.6. The summed E-state index contributed by atoms with van der Waals surface area (Å²) in [5, 5.41) is 3.46. The van der Waals surface area contributed by atoms with Gasteiger partial charge in [-0.3, -0.25) is 14.5 Å². The number of amides is 2. The Balaban J connectivity index is 1.41. The van der Waals surface area contributed by atoms with Gasteiger partial charge in [-0.15, -0.1) is 0 Å². The van der Waals surface area contributed by atoms with Crippen molar-refractivity contribution in [3.8, 4) is 0 Å². The zero-order valence-corrected chi connectivity index (χ0v) is 25.0. The minimum Gasteiger partial charge on any atom is -0.465 e. The molecule has 222 valence electrons. The molecule has 4 atom stereocenters. The molecule has 4 aliphatic rings. The van der Waals surface area contributed by atoms with Crippen LogP contribution >= 0.6 is 23.2 Å². The monoisotopic (exact) mass is 621 g/mol. The van der Waals surface area contributed by atoms with Crippen molar-refractivity contribution in [3.05, 3.63) is 93.2 Å². The van der Waals surface area contributed by atoms with E-state index in [0.29, 0.717) is 53.0 Å². The van der Waals surface area contributed by atoms with Gasteiger partial charge >= 0.3 is 5.97 Å². The Morgan fingerprint density at radius 3 is 2.53 bits per heavy atom. The first-order valence-corrected chi connectivity index (χ1v) is 15.3. The molecule has 0 aromatic heterocycles. The first kappa shape index (κ1) is 28.3. The average Bonchev–Trinajstić information content (AvgIpc) is 3.43. The summed E-state index contributed by atoms with van der Waals surface area (Å²) >= 11 is 12.7. The number of halogens is 3. The second-order valence-corrected chi connectivity index (χ2v) is 12.7. The number of nitrogens with one attached hydrogen (secondary N) is 1. The minimum absolute atomic E-state index is 0.0603. The molecule has 7 rings (SSSR count). The molecular formula is C33H30Cl2FN3O4. The van der Waals surface area contributed by atoms with E-state index >= 15 is 4.39 Å². The number of piperidine rings is 1. The van der Waals surface area contributed by atoms with E-state index in [-0.39, 0.29) is 28.4 Å². The number of methoxy groups -OCH3 is 1. The van der Waals surface area contributed by atoms with Gasteiger partial charge in [-0.1, -0.05) is 47.8 Å². The number of nitrogens with zero attached hydrogens (tertiary/aromatic N) is 2. The molecule has 3 aliphatic heterocycles. The number of carbonyl (C=O) groups is 3. The molecule has 3 heterocycles. The quantitative estimate of drug-likeness (QED) is 0.334. The topological polar surface area (TPSA) is 78.9 Å². The molecule has 0 unspecified atom stereocenters. The maximum absolute atomic E-state index is 16.1. The third-order valence-electron chi connectivity index (χ3n) is 9.86. The van der Waals surface area contributed by atoms with E-state index in [0.717, 1.165) is 19.3 Å². The predicted octanol–water partition coefficient (Wildman–Crippen LogP) is 6.39. The molecule has 0 bridgehead atoms. The summed E-state index contributed by atoms with van der Waals surface area (Å²) in [6.07, 6.45) is 3.79. The molecule has 0 radical (unpaired) electrons. The lowest BCUT2D eigenvalue weighted by molar-refractivity contribution is -0.128. The maximum atomic E-state index is 16.1. The van der Waals surface area contributed by atoms with E-state index in [9.17, 15) is 14.4 Å². The van der Waals surface area contributed by atoms with Gasteiger partial charge in [-0.2, -0.15) is 0 Å². The Labute approximate surface area is 258 Å². The summed E-state index contributed by atoms with van der Waals surface area (Å²) in [5.41, 5.74) is 1.17. The average molecular weight is 623 g/mol. The lowest BCUT2D eigenvalue weighted by Gasteiger charge is -2.43. The normalized spacial score (nSPS) is 26.7. The standard InChI is InChI=1S/C33H30Cl2FN3O4/c1-43-31(41)19-8-11-21(12-9-19)38-15-14-26-27(30(38)40)28(22-6-3-7-24(35)29(22)36)33(39(26)17-18-4-2-5-18)23-13-10-20(34)16-25(23)37-32(33)42/h3,6-13,16,18,26-28H,2,4-5,14-15,17H2,1H3,(H,37,42)/t26-,27+,28-,33+/m0/s1. The van der Waals surface area contributed by atoms with Crippen LogP contribution in [-0.2, 0) is 19.9 Å². The Morgan fingerprint density at radius 1 is 1.07 bits per heavy atom. The van der Waals surface area contributed by atoms with E-state index in [1.807, 2.05) is 6.07 Å². The molecule has 2 saturated heterocycles. The smallest absolute Gasteiger partial charge is 0.337 e. The summed E-state index contributed by atoms with van der Waals surface area (Å²) in [4.78, 5) is 45.1. The zero-order valence-electron chi connectivity index (χ0n) is 23.5. The molecule has 1 aliphatic carbocycles. The summed E-state index contributed by atoms with van der Waals surface area (Å²) in [5.74, 6) is -2.80. The summed E-state index contributed by atoms with van der Waals surface area (Å²) in [7, 11) is 1.32. The fourth-order valence-corrected chi connectivity index (χ4v) is 8.11. The number of hydrogen-bond acceptors (Lipinski definition) is 5. The number of rotatable bonds is 5. The van der Waals surface area contributed by atoms with Gasteiger partial charge < -0.3 is 15.0 Å². The Hall–Kier alpha value is -3.46. The molecule has 3 aromatic rings. The summed E-state index contributed by atoms with van der Waals surface area (Å²) in [6, 6.07) is 16.5. The summed E-state index contributed by atoms with van der Waals surface area (Å²) in [6.45, 7) is 1.03. The number of carbonyl (C=O) groups excluding carboxylic acids is 3. The van der Waals surface area contributed by atoms with E-state index in [4.69, 9.17) is 27.9 Å². The minimum atomic E-state index is -1.34. The van der Waals surface area contributed by atoms with Gasteiger partial charge in [0.2, 0.25) is 11.8 Å². The van der Waals surface area contributed by atoms with Crippen LogP contribution in [0, 0.1) is 17.7 Å².